The van der Waals surface area contributed by atoms with Crippen LogP contribution in [-0.2, 0) is 4.79 Å². The van der Waals surface area contributed by atoms with Gasteiger partial charge in [-0.2, -0.15) is 0 Å². The first-order valence-corrected chi connectivity index (χ1v) is 7.51. The van der Waals surface area contributed by atoms with E-state index in [2.05, 4.69) is 4.90 Å². The molecule has 5 heteroatoms. The van der Waals surface area contributed by atoms with Crippen molar-refractivity contribution in [2.24, 2.45) is 0 Å². The van der Waals surface area contributed by atoms with Gasteiger partial charge in [0.05, 0.1) is 6.67 Å². The fourth-order valence-electron chi connectivity index (χ4n) is 3.02. The number of benzene rings is 1. The molecule has 5 nitrogen and oxygen atoms in total. The van der Waals surface area contributed by atoms with Crippen LogP contribution in [0.1, 0.15) is 25.3 Å². The molecule has 21 heavy (non-hydrogen) atoms. The van der Waals surface area contributed by atoms with Crippen LogP contribution in [0.25, 0.3) is 0 Å². The summed E-state index contributed by atoms with van der Waals surface area (Å²) in [5.74, 6) is -0.104. The van der Waals surface area contributed by atoms with Gasteiger partial charge in [-0.25, -0.2) is 9.69 Å². The van der Waals surface area contributed by atoms with Crippen LogP contribution in [0.4, 0.5) is 10.5 Å². The average molecular weight is 287 g/mol. The monoisotopic (exact) mass is 287 g/mol. The van der Waals surface area contributed by atoms with Crippen LogP contribution in [-0.4, -0.2) is 47.5 Å². The van der Waals surface area contributed by atoms with Crippen molar-refractivity contribution in [3.05, 3.63) is 29.8 Å². The number of imide groups is 1. The zero-order valence-corrected chi connectivity index (χ0v) is 12.6. The molecule has 1 aromatic carbocycles. The van der Waals surface area contributed by atoms with E-state index in [1.807, 2.05) is 31.2 Å². The maximum Gasteiger partial charge on any atom is 0.333 e. The third kappa shape index (κ3) is 2.53. The first-order valence-electron chi connectivity index (χ1n) is 7.51. The Bertz CT molecular complexity index is 549. The van der Waals surface area contributed by atoms with Gasteiger partial charge in [-0.05, 0) is 51.9 Å². The predicted molar refractivity (Wildman–Crippen MR) is 81.0 cm³/mol. The number of aryl methyl sites for hydroxylation is 1. The lowest BCUT2D eigenvalue weighted by atomic mass is 10.2. The number of nitrogens with zero attached hydrogens (tertiary/aromatic N) is 3. The van der Waals surface area contributed by atoms with Crippen molar-refractivity contribution in [3.8, 4) is 0 Å². The number of rotatable bonds is 3. The zero-order chi connectivity index (χ0) is 15.0. The highest BCUT2D eigenvalue weighted by Gasteiger charge is 2.43. The van der Waals surface area contributed by atoms with E-state index in [1.165, 1.54) is 4.90 Å². The first-order chi connectivity index (χ1) is 10.1. The molecule has 2 fully saturated rings. The van der Waals surface area contributed by atoms with E-state index < -0.39 is 6.04 Å². The van der Waals surface area contributed by atoms with Gasteiger partial charge >= 0.3 is 6.03 Å². The van der Waals surface area contributed by atoms with Crippen molar-refractivity contribution < 1.29 is 9.59 Å². The van der Waals surface area contributed by atoms with Gasteiger partial charge in [-0.15, -0.1) is 0 Å². The summed E-state index contributed by atoms with van der Waals surface area (Å²) in [6.07, 6.45) is 2.29. The standard InChI is InChI=1S/C16H21N3O2/c1-12-5-7-14(8-6-12)19-13(2)15(20)18(16(19)21)11-17-9-3-4-10-17/h5-8,13H,3-4,9-11H2,1-2H3/t13-/m1/s1. The Morgan fingerprint density at radius 2 is 1.71 bits per heavy atom. The SMILES string of the molecule is Cc1ccc(N2C(=O)N(CN3CCCC3)C(=O)[C@H]2C)cc1. The molecule has 3 rings (SSSR count). The average Bonchev–Trinajstić information content (AvgIpc) is 3.05. The van der Waals surface area contributed by atoms with Crippen LogP contribution < -0.4 is 4.90 Å². The van der Waals surface area contributed by atoms with E-state index in [1.54, 1.807) is 11.8 Å². The van der Waals surface area contributed by atoms with Crippen LogP contribution in [0, 0.1) is 6.92 Å². The number of anilines is 1. The summed E-state index contributed by atoms with van der Waals surface area (Å²) in [7, 11) is 0. The third-order valence-corrected chi connectivity index (χ3v) is 4.30. The summed E-state index contributed by atoms with van der Waals surface area (Å²) in [4.78, 5) is 30.1. The highest BCUT2D eigenvalue weighted by molar-refractivity contribution is 6.14. The maximum atomic E-state index is 12.6. The molecule has 0 aliphatic carbocycles. The maximum absolute atomic E-state index is 12.6. The van der Waals surface area contributed by atoms with Gasteiger partial charge in [0.25, 0.3) is 5.91 Å². The summed E-state index contributed by atoms with van der Waals surface area (Å²) in [6.45, 7) is 6.16. The van der Waals surface area contributed by atoms with Crippen molar-refractivity contribution in [1.29, 1.82) is 0 Å². The van der Waals surface area contributed by atoms with Gasteiger partial charge in [0.1, 0.15) is 6.04 Å². The number of hydrogen-bond acceptors (Lipinski definition) is 3. The van der Waals surface area contributed by atoms with Crippen molar-refractivity contribution in [2.45, 2.75) is 32.7 Å². The minimum Gasteiger partial charge on any atom is -0.286 e. The molecular formula is C16H21N3O2. The predicted octanol–water partition coefficient (Wildman–Crippen LogP) is 2.21. The second-order valence-corrected chi connectivity index (χ2v) is 5.90. The second kappa shape index (κ2) is 5.48. The molecule has 112 valence electrons. The van der Waals surface area contributed by atoms with Crippen molar-refractivity contribution in [3.63, 3.8) is 0 Å². The Morgan fingerprint density at radius 1 is 1.10 bits per heavy atom. The van der Waals surface area contributed by atoms with Gasteiger partial charge < -0.3 is 0 Å². The van der Waals surface area contributed by atoms with Crippen LogP contribution >= 0.6 is 0 Å². The highest BCUT2D eigenvalue weighted by atomic mass is 16.2. The fourth-order valence-corrected chi connectivity index (χ4v) is 3.02. The molecule has 2 heterocycles. The molecule has 0 spiro atoms. The number of urea groups is 1. The Labute approximate surface area is 125 Å². The van der Waals surface area contributed by atoms with Gasteiger partial charge in [-0.1, -0.05) is 17.7 Å². The van der Waals surface area contributed by atoms with Crippen molar-refractivity contribution in [2.75, 3.05) is 24.7 Å². The molecule has 0 saturated carbocycles. The second-order valence-electron chi connectivity index (χ2n) is 5.90. The molecule has 0 N–H and O–H groups in total. The Morgan fingerprint density at radius 3 is 2.33 bits per heavy atom. The summed E-state index contributed by atoms with van der Waals surface area (Å²) < 4.78 is 0. The molecule has 2 saturated heterocycles. The summed E-state index contributed by atoms with van der Waals surface area (Å²) in [6, 6.07) is 7.09. The van der Waals surface area contributed by atoms with Crippen molar-refractivity contribution >= 4 is 17.6 Å². The molecule has 1 aromatic rings. The van der Waals surface area contributed by atoms with E-state index in [0.29, 0.717) is 6.67 Å². The van der Waals surface area contributed by atoms with Crippen molar-refractivity contribution in [1.82, 2.24) is 9.80 Å². The fraction of sp³-hybridized carbons (Fsp3) is 0.500. The van der Waals surface area contributed by atoms with E-state index in [0.717, 1.165) is 37.2 Å². The quantitative estimate of drug-likeness (QED) is 0.801. The zero-order valence-electron chi connectivity index (χ0n) is 12.6. The van der Waals surface area contributed by atoms with Gasteiger partial charge in [0.2, 0.25) is 0 Å². The van der Waals surface area contributed by atoms with Crippen LogP contribution in [0.15, 0.2) is 24.3 Å². The minimum atomic E-state index is -0.428. The molecule has 0 aromatic heterocycles. The van der Waals surface area contributed by atoms with Gasteiger partial charge in [0.15, 0.2) is 0 Å². The summed E-state index contributed by atoms with van der Waals surface area (Å²) in [5, 5.41) is 0. The van der Waals surface area contributed by atoms with E-state index in [-0.39, 0.29) is 11.9 Å². The Kier molecular flexibility index (Phi) is 3.68. The van der Waals surface area contributed by atoms with Gasteiger partial charge in [0, 0.05) is 5.69 Å². The van der Waals surface area contributed by atoms with E-state index >= 15 is 0 Å². The molecular weight excluding hydrogens is 266 g/mol. The Hall–Kier alpha value is -1.88. The van der Waals surface area contributed by atoms with Gasteiger partial charge in [-0.3, -0.25) is 14.6 Å². The lowest BCUT2D eigenvalue weighted by molar-refractivity contribution is -0.128. The number of hydrogen-bond donors (Lipinski definition) is 0. The topological polar surface area (TPSA) is 43.9 Å². The number of carbonyl (C=O) groups excluding carboxylic acids is 2. The summed E-state index contributed by atoms with van der Waals surface area (Å²) >= 11 is 0. The van der Waals surface area contributed by atoms with Crippen LogP contribution in [0.2, 0.25) is 0 Å². The number of amides is 3. The minimum absolute atomic E-state index is 0.104. The largest absolute Gasteiger partial charge is 0.333 e. The first kappa shape index (κ1) is 14.1. The molecule has 0 bridgehead atoms. The molecule has 3 amide bonds. The van der Waals surface area contributed by atoms with E-state index in [9.17, 15) is 9.59 Å². The van der Waals surface area contributed by atoms with Crippen LogP contribution in [0.5, 0.6) is 0 Å². The number of likely N-dealkylation sites (tertiary alicyclic amines) is 1. The van der Waals surface area contributed by atoms with Crippen LogP contribution in [0.3, 0.4) is 0 Å². The molecule has 0 radical (unpaired) electrons. The number of carbonyl (C=O) groups is 2. The summed E-state index contributed by atoms with van der Waals surface area (Å²) in [5.41, 5.74) is 1.92. The molecule has 0 unspecified atom stereocenters. The normalized spacial score (nSPS) is 23.4. The lowest BCUT2D eigenvalue weighted by Gasteiger charge is -2.22. The third-order valence-electron chi connectivity index (χ3n) is 4.30. The lowest BCUT2D eigenvalue weighted by Crippen LogP contribution is -2.41. The highest BCUT2D eigenvalue weighted by Crippen LogP contribution is 2.26. The smallest absolute Gasteiger partial charge is 0.286 e. The van der Waals surface area contributed by atoms with E-state index in [4.69, 9.17) is 0 Å². The molecule has 2 aliphatic heterocycles. The molecule has 1 atom stereocenters. The molecule has 2 aliphatic rings. The Balaban J connectivity index is 1.81.